The van der Waals surface area contributed by atoms with E-state index in [1.807, 2.05) is 15.6 Å². The first kappa shape index (κ1) is 19.4. The van der Waals surface area contributed by atoms with Crippen LogP contribution in [0.3, 0.4) is 0 Å². The molecular formula is C18H21F3N4O2. The molecule has 1 aliphatic rings. The maximum atomic E-state index is 13.9. The van der Waals surface area contributed by atoms with E-state index in [-0.39, 0.29) is 24.6 Å². The molecule has 9 heteroatoms. The Morgan fingerprint density at radius 2 is 2.07 bits per heavy atom. The molecule has 0 aliphatic carbocycles. The van der Waals surface area contributed by atoms with Crippen molar-refractivity contribution >= 4 is 5.91 Å². The number of aryl methyl sites for hydroxylation is 1. The number of rotatable bonds is 6. The maximum absolute atomic E-state index is 13.9. The summed E-state index contributed by atoms with van der Waals surface area (Å²) in [5.41, 5.74) is 1.76. The minimum atomic E-state index is -1.44. The lowest BCUT2D eigenvalue weighted by molar-refractivity contribution is -0.124. The SMILES string of the molecule is COCC(=O)NCc1cc2n(n1)CCCN(Cc1ccc(F)c(F)c1F)C2. The van der Waals surface area contributed by atoms with Crippen molar-refractivity contribution in [1.82, 2.24) is 20.0 Å². The molecule has 0 saturated heterocycles. The molecule has 2 heterocycles. The van der Waals surface area contributed by atoms with Gasteiger partial charge in [0.2, 0.25) is 5.91 Å². The zero-order valence-corrected chi connectivity index (χ0v) is 15.0. The molecule has 2 aromatic rings. The summed E-state index contributed by atoms with van der Waals surface area (Å²) in [7, 11) is 1.45. The van der Waals surface area contributed by atoms with Crippen molar-refractivity contribution in [1.29, 1.82) is 0 Å². The van der Waals surface area contributed by atoms with E-state index < -0.39 is 17.5 Å². The molecular weight excluding hydrogens is 361 g/mol. The lowest BCUT2D eigenvalue weighted by Crippen LogP contribution is -2.26. The van der Waals surface area contributed by atoms with Crippen molar-refractivity contribution in [2.45, 2.75) is 32.6 Å². The number of aromatic nitrogens is 2. The van der Waals surface area contributed by atoms with E-state index in [1.54, 1.807) is 0 Å². The molecule has 1 aromatic heterocycles. The van der Waals surface area contributed by atoms with Crippen molar-refractivity contribution in [3.8, 4) is 0 Å². The Morgan fingerprint density at radius 3 is 2.85 bits per heavy atom. The number of methoxy groups -OCH3 is 1. The van der Waals surface area contributed by atoms with E-state index in [4.69, 9.17) is 4.74 Å². The summed E-state index contributed by atoms with van der Waals surface area (Å²) in [5.74, 6) is -4.00. The first-order chi connectivity index (χ1) is 13.0. The highest BCUT2D eigenvalue weighted by Crippen LogP contribution is 2.20. The minimum Gasteiger partial charge on any atom is -0.375 e. The van der Waals surface area contributed by atoms with E-state index in [2.05, 4.69) is 10.4 Å². The zero-order valence-electron chi connectivity index (χ0n) is 15.0. The Labute approximate surface area is 154 Å². The van der Waals surface area contributed by atoms with Crippen molar-refractivity contribution in [3.05, 3.63) is 52.6 Å². The number of benzene rings is 1. The van der Waals surface area contributed by atoms with Crippen LogP contribution in [0.5, 0.6) is 0 Å². The monoisotopic (exact) mass is 382 g/mol. The van der Waals surface area contributed by atoms with Crippen LogP contribution in [0.15, 0.2) is 18.2 Å². The summed E-state index contributed by atoms with van der Waals surface area (Å²) < 4.78 is 47.1. The van der Waals surface area contributed by atoms with Gasteiger partial charge in [-0.05, 0) is 18.6 Å². The Hall–Kier alpha value is -2.39. The third-order valence-electron chi connectivity index (χ3n) is 4.39. The molecule has 1 amide bonds. The number of carbonyl (C=O) groups excluding carboxylic acids is 1. The van der Waals surface area contributed by atoms with Gasteiger partial charge in [0.25, 0.3) is 0 Å². The summed E-state index contributed by atoms with van der Waals surface area (Å²) in [5, 5.41) is 7.19. The Bertz CT molecular complexity index is 825. The topological polar surface area (TPSA) is 59.4 Å². The van der Waals surface area contributed by atoms with Crippen molar-refractivity contribution in [2.24, 2.45) is 0 Å². The second-order valence-electron chi connectivity index (χ2n) is 6.46. The molecule has 0 radical (unpaired) electrons. The number of carbonyl (C=O) groups is 1. The largest absolute Gasteiger partial charge is 0.375 e. The molecule has 0 saturated carbocycles. The normalized spacial score (nSPS) is 14.7. The Balaban J connectivity index is 1.67. The van der Waals surface area contributed by atoms with Crippen molar-refractivity contribution in [3.63, 3.8) is 0 Å². The second-order valence-corrected chi connectivity index (χ2v) is 6.46. The number of nitrogens with zero attached hydrogens (tertiary/aromatic N) is 3. The van der Waals surface area contributed by atoms with Gasteiger partial charge in [-0.1, -0.05) is 6.07 Å². The van der Waals surface area contributed by atoms with Gasteiger partial charge in [0.15, 0.2) is 17.5 Å². The first-order valence-electron chi connectivity index (χ1n) is 8.64. The van der Waals surface area contributed by atoms with Gasteiger partial charge in [-0.2, -0.15) is 5.10 Å². The fourth-order valence-corrected chi connectivity index (χ4v) is 3.11. The van der Waals surface area contributed by atoms with E-state index in [0.717, 1.165) is 23.9 Å². The standard InChI is InChI=1S/C18H21F3N4O2/c1-27-11-16(26)22-8-13-7-14-10-24(5-2-6-25(14)23-13)9-12-3-4-15(19)18(21)17(12)20/h3-4,7H,2,5-6,8-11H2,1H3,(H,22,26). The second kappa shape index (κ2) is 8.53. The number of fused-ring (bicyclic) bond motifs is 1. The minimum absolute atomic E-state index is 0.0128. The first-order valence-corrected chi connectivity index (χ1v) is 8.64. The quantitative estimate of drug-likeness (QED) is 0.776. The highest BCUT2D eigenvalue weighted by atomic mass is 19.2. The van der Waals surface area contributed by atoms with Gasteiger partial charge in [0.1, 0.15) is 6.61 Å². The summed E-state index contributed by atoms with van der Waals surface area (Å²) in [6, 6.07) is 4.09. The molecule has 27 heavy (non-hydrogen) atoms. The van der Waals surface area contributed by atoms with Crippen LogP contribution in [-0.4, -0.2) is 40.8 Å². The molecule has 3 rings (SSSR count). The Kier molecular flexibility index (Phi) is 6.12. The molecule has 0 atom stereocenters. The van der Waals surface area contributed by atoms with Gasteiger partial charge in [-0.25, -0.2) is 13.2 Å². The van der Waals surface area contributed by atoms with Crippen LogP contribution in [-0.2, 0) is 35.7 Å². The summed E-state index contributed by atoms with van der Waals surface area (Å²) in [4.78, 5) is 13.4. The average Bonchev–Trinajstić information content (AvgIpc) is 2.92. The van der Waals surface area contributed by atoms with Gasteiger partial charge in [0.05, 0.1) is 17.9 Å². The third kappa shape index (κ3) is 4.67. The molecule has 146 valence electrons. The van der Waals surface area contributed by atoms with Gasteiger partial charge in [-0.3, -0.25) is 14.4 Å². The van der Waals surface area contributed by atoms with Crippen LogP contribution in [0.4, 0.5) is 13.2 Å². The van der Waals surface area contributed by atoms with Crippen LogP contribution in [0, 0.1) is 17.5 Å². The highest BCUT2D eigenvalue weighted by molar-refractivity contribution is 5.77. The number of amides is 1. The summed E-state index contributed by atoms with van der Waals surface area (Å²) in [6.07, 6.45) is 0.787. The Morgan fingerprint density at radius 1 is 1.26 bits per heavy atom. The van der Waals surface area contributed by atoms with Crippen LogP contribution >= 0.6 is 0 Å². The number of nitrogens with one attached hydrogen (secondary N) is 1. The molecule has 0 spiro atoms. The molecule has 0 fully saturated rings. The van der Waals surface area contributed by atoms with Crippen LogP contribution < -0.4 is 5.32 Å². The molecule has 0 unspecified atom stereocenters. The van der Waals surface area contributed by atoms with E-state index >= 15 is 0 Å². The molecule has 6 nitrogen and oxygen atoms in total. The number of hydrogen-bond donors (Lipinski definition) is 1. The van der Waals surface area contributed by atoms with Gasteiger partial charge in [-0.15, -0.1) is 0 Å². The van der Waals surface area contributed by atoms with Gasteiger partial charge < -0.3 is 10.1 Å². The summed E-state index contributed by atoms with van der Waals surface area (Å²) in [6.45, 7) is 2.33. The molecule has 0 bridgehead atoms. The number of hydrogen-bond acceptors (Lipinski definition) is 4. The van der Waals surface area contributed by atoms with Crippen molar-refractivity contribution < 1.29 is 22.7 Å². The number of ether oxygens (including phenoxy) is 1. The predicted octanol–water partition coefficient (Wildman–Crippen LogP) is 1.97. The molecule has 1 aliphatic heterocycles. The van der Waals surface area contributed by atoms with Crippen LogP contribution in [0.25, 0.3) is 0 Å². The van der Waals surface area contributed by atoms with Crippen LogP contribution in [0.2, 0.25) is 0 Å². The number of halogens is 3. The third-order valence-corrected chi connectivity index (χ3v) is 4.39. The molecule has 1 aromatic carbocycles. The van der Waals surface area contributed by atoms with E-state index in [9.17, 15) is 18.0 Å². The van der Waals surface area contributed by atoms with Gasteiger partial charge in [0, 0.05) is 38.9 Å². The average molecular weight is 382 g/mol. The van der Waals surface area contributed by atoms with E-state index in [1.165, 1.54) is 13.2 Å². The lowest BCUT2D eigenvalue weighted by Gasteiger charge is -2.20. The smallest absolute Gasteiger partial charge is 0.246 e. The van der Waals surface area contributed by atoms with E-state index in [0.29, 0.717) is 26.2 Å². The lowest BCUT2D eigenvalue weighted by atomic mass is 10.1. The molecule has 1 N–H and O–H groups in total. The maximum Gasteiger partial charge on any atom is 0.246 e. The zero-order chi connectivity index (χ0) is 19.4. The predicted molar refractivity (Wildman–Crippen MR) is 91.0 cm³/mol. The van der Waals surface area contributed by atoms with Crippen molar-refractivity contribution in [2.75, 3.05) is 20.3 Å². The fourth-order valence-electron chi connectivity index (χ4n) is 3.11. The van der Waals surface area contributed by atoms with Crippen LogP contribution in [0.1, 0.15) is 23.4 Å². The fraction of sp³-hybridized carbons (Fsp3) is 0.444. The van der Waals surface area contributed by atoms with Gasteiger partial charge >= 0.3 is 0 Å². The highest BCUT2D eigenvalue weighted by Gasteiger charge is 2.20. The summed E-state index contributed by atoms with van der Waals surface area (Å²) >= 11 is 0.